The molecule has 3 nitrogen and oxygen atoms in total. The molecule has 1 aromatic carbocycles. The molecule has 0 amide bonds. The summed E-state index contributed by atoms with van der Waals surface area (Å²) in [6.45, 7) is 1.46. The van der Waals surface area contributed by atoms with Gasteiger partial charge in [-0.25, -0.2) is 8.42 Å². The summed E-state index contributed by atoms with van der Waals surface area (Å²) in [5, 5.41) is 0. The highest BCUT2D eigenvalue weighted by Gasteiger charge is 2.06. The molecule has 0 radical (unpaired) electrons. The van der Waals surface area contributed by atoms with Gasteiger partial charge in [-0.1, -0.05) is 18.2 Å². The molecule has 0 heterocycles. The molecule has 0 aliphatic rings. The monoisotopic (exact) mass is 212 g/mol. The molecule has 0 aliphatic heterocycles. The maximum Gasteiger partial charge on any atom is 0.159 e. The van der Waals surface area contributed by atoms with E-state index in [0.717, 1.165) is 0 Å². The Bertz CT molecular complexity index is 446. The molecule has 0 bridgehead atoms. The zero-order valence-corrected chi connectivity index (χ0v) is 8.97. The zero-order chi connectivity index (χ0) is 10.8. The molecular formula is C10H12O3S. The van der Waals surface area contributed by atoms with Crippen molar-refractivity contribution in [1.82, 2.24) is 0 Å². The fourth-order valence-electron chi connectivity index (χ4n) is 1.18. The van der Waals surface area contributed by atoms with Gasteiger partial charge in [0.2, 0.25) is 0 Å². The van der Waals surface area contributed by atoms with Crippen LogP contribution in [0.1, 0.15) is 22.8 Å². The van der Waals surface area contributed by atoms with Crippen LogP contribution in [0.15, 0.2) is 24.3 Å². The van der Waals surface area contributed by atoms with Gasteiger partial charge in [-0.05, 0) is 18.6 Å². The van der Waals surface area contributed by atoms with Crippen molar-refractivity contribution in [3.8, 4) is 0 Å². The second-order valence-corrected chi connectivity index (χ2v) is 5.47. The molecule has 0 spiro atoms. The summed E-state index contributed by atoms with van der Waals surface area (Å²) >= 11 is 0. The molecular weight excluding hydrogens is 200 g/mol. The van der Waals surface area contributed by atoms with Gasteiger partial charge in [-0.3, -0.25) is 4.79 Å². The molecule has 0 atom stereocenters. The van der Waals surface area contributed by atoms with Gasteiger partial charge >= 0.3 is 0 Å². The third-order valence-electron chi connectivity index (χ3n) is 1.76. The average Bonchev–Trinajstić information content (AvgIpc) is 2.01. The largest absolute Gasteiger partial charge is 0.295 e. The number of benzene rings is 1. The van der Waals surface area contributed by atoms with E-state index < -0.39 is 9.84 Å². The molecule has 0 N–H and O–H groups in total. The molecule has 0 unspecified atom stereocenters. The topological polar surface area (TPSA) is 51.2 Å². The molecule has 0 saturated carbocycles. The van der Waals surface area contributed by atoms with Gasteiger partial charge < -0.3 is 0 Å². The summed E-state index contributed by atoms with van der Waals surface area (Å²) in [5.41, 5.74) is 1.20. The number of hydrogen-bond donors (Lipinski definition) is 0. The van der Waals surface area contributed by atoms with Crippen LogP contribution in [0.5, 0.6) is 0 Å². The van der Waals surface area contributed by atoms with Gasteiger partial charge in [0.1, 0.15) is 0 Å². The van der Waals surface area contributed by atoms with E-state index in [1.165, 1.54) is 13.2 Å². The normalized spacial score (nSPS) is 11.3. The lowest BCUT2D eigenvalue weighted by Gasteiger charge is -2.01. The zero-order valence-electron chi connectivity index (χ0n) is 8.15. The lowest BCUT2D eigenvalue weighted by Crippen LogP contribution is -2.02. The first-order valence-electron chi connectivity index (χ1n) is 4.16. The minimum absolute atomic E-state index is 0.0197. The highest BCUT2D eigenvalue weighted by molar-refractivity contribution is 7.89. The first-order chi connectivity index (χ1) is 6.38. The maximum absolute atomic E-state index is 11.0. The van der Waals surface area contributed by atoms with Gasteiger partial charge in [-0.15, -0.1) is 0 Å². The minimum atomic E-state index is -3.03. The standard InChI is InChI=1S/C10H12O3S/c1-8(11)10-5-3-4-9(6-10)7-14(2,12)13/h3-6H,7H2,1-2H3. The van der Waals surface area contributed by atoms with Crippen molar-refractivity contribution in [2.75, 3.05) is 6.26 Å². The first kappa shape index (κ1) is 10.9. The second-order valence-electron chi connectivity index (χ2n) is 3.33. The Morgan fingerprint density at radius 2 is 2.00 bits per heavy atom. The number of carbonyl (C=O) groups is 1. The molecule has 1 aromatic rings. The second kappa shape index (κ2) is 3.92. The number of carbonyl (C=O) groups excluding carboxylic acids is 1. The van der Waals surface area contributed by atoms with Gasteiger partial charge in [-0.2, -0.15) is 0 Å². The number of Topliss-reactive ketones (excluding diaryl/α,β-unsaturated/α-hetero) is 1. The van der Waals surface area contributed by atoms with E-state index in [4.69, 9.17) is 0 Å². The van der Waals surface area contributed by atoms with Crippen molar-refractivity contribution in [3.63, 3.8) is 0 Å². The summed E-state index contributed by atoms with van der Waals surface area (Å²) < 4.78 is 22.0. The summed E-state index contributed by atoms with van der Waals surface area (Å²) in [6.07, 6.45) is 1.17. The summed E-state index contributed by atoms with van der Waals surface area (Å²) in [4.78, 5) is 11.0. The van der Waals surface area contributed by atoms with E-state index in [1.54, 1.807) is 24.3 Å². The Labute approximate surface area is 83.7 Å². The number of hydrogen-bond acceptors (Lipinski definition) is 3. The van der Waals surface area contributed by atoms with Crippen molar-refractivity contribution in [2.24, 2.45) is 0 Å². The Hall–Kier alpha value is -1.16. The Morgan fingerprint density at radius 3 is 2.50 bits per heavy atom. The summed E-state index contributed by atoms with van der Waals surface area (Å²) in [5.74, 6) is -0.0750. The Balaban J connectivity index is 3.01. The Kier molecular flexibility index (Phi) is 3.06. The van der Waals surface area contributed by atoms with Crippen LogP contribution < -0.4 is 0 Å². The molecule has 0 fully saturated rings. The van der Waals surface area contributed by atoms with E-state index >= 15 is 0 Å². The quantitative estimate of drug-likeness (QED) is 0.712. The summed E-state index contributed by atoms with van der Waals surface area (Å²) in [7, 11) is -3.03. The van der Waals surface area contributed by atoms with Crippen molar-refractivity contribution < 1.29 is 13.2 Å². The predicted molar refractivity (Wildman–Crippen MR) is 55.0 cm³/mol. The number of rotatable bonds is 3. The van der Waals surface area contributed by atoms with E-state index in [1.807, 2.05) is 0 Å². The molecule has 4 heteroatoms. The Morgan fingerprint density at radius 1 is 1.36 bits per heavy atom. The highest BCUT2D eigenvalue weighted by atomic mass is 32.2. The van der Waals surface area contributed by atoms with E-state index in [0.29, 0.717) is 11.1 Å². The maximum atomic E-state index is 11.0. The van der Waals surface area contributed by atoms with Crippen LogP contribution in [-0.2, 0) is 15.6 Å². The van der Waals surface area contributed by atoms with Crippen LogP contribution in [-0.4, -0.2) is 20.5 Å². The van der Waals surface area contributed by atoms with Gasteiger partial charge in [0, 0.05) is 11.8 Å². The average molecular weight is 212 g/mol. The molecule has 14 heavy (non-hydrogen) atoms. The molecule has 0 aliphatic carbocycles. The third-order valence-corrected chi connectivity index (χ3v) is 2.62. The van der Waals surface area contributed by atoms with E-state index in [9.17, 15) is 13.2 Å². The number of sulfone groups is 1. The van der Waals surface area contributed by atoms with Crippen LogP contribution in [0.4, 0.5) is 0 Å². The van der Waals surface area contributed by atoms with Crippen molar-refractivity contribution in [1.29, 1.82) is 0 Å². The van der Waals surface area contributed by atoms with Gasteiger partial charge in [0.25, 0.3) is 0 Å². The van der Waals surface area contributed by atoms with E-state index in [-0.39, 0.29) is 11.5 Å². The number of ketones is 1. The van der Waals surface area contributed by atoms with Crippen LogP contribution >= 0.6 is 0 Å². The molecule has 0 saturated heterocycles. The van der Waals surface area contributed by atoms with Crippen LogP contribution in [0.3, 0.4) is 0 Å². The molecule has 76 valence electrons. The predicted octanol–water partition coefficient (Wildman–Crippen LogP) is 1.43. The highest BCUT2D eigenvalue weighted by Crippen LogP contribution is 2.08. The minimum Gasteiger partial charge on any atom is -0.295 e. The summed E-state index contributed by atoms with van der Waals surface area (Å²) in [6, 6.07) is 6.68. The fourth-order valence-corrected chi connectivity index (χ4v) is 1.97. The fraction of sp³-hybridized carbons (Fsp3) is 0.300. The van der Waals surface area contributed by atoms with Crippen molar-refractivity contribution in [2.45, 2.75) is 12.7 Å². The van der Waals surface area contributed by atoms with Crippen LogP contribution in [0.25, 0.3) is 0 Å². The van der Waals surface area contributed by atoms with E-state index in [2.05, 4.69) is 0 Å². The lowest BCUT2D eigenvalue weighted by molar-refractivity contribution is 0.101. The molecule has 0 aromatic heterocycles. The lowest BCUT2D eigenvalue weighted by atomic mass is 10.1. The SMILES string of the molecule is CC(=O)c1cccc(CS(C)(=O)=O)c1. The van der Waals surface area contributed by atoms with Crippen LogP contribution in [0, 0.1) is 0 Å². The smallest absolute Gasteiger partial charge is 0.159 e. The van der Waals surface area contributed by atoms with Gasteiger partial charge in [0.05, 0.1) is 5.75 Å². The van der Waals surface area contributed by atoms with Crippen molar-refractivity contribution >= 4 is 15.6 Å². The third kappa shape index (κ3) is 3.30. The molecule has 1 rings (SSSR count). The van der Waals surface area contributed by atoms with Gasteiger partial charge in [0.15, 0.2) is 15.6 Å². The first-order valence-corrected chi connectivity index (χ1v) is 6.22. The van der Waals surface area contributed by atoms with Crippen LogP contribution in [0.2, 0.25) is 0 Å². The van der Waals surface area contributed by atoms with Crippen molar-refractivity contribution in [3.05, 3.63) is 35.4 Å².